The van der Waals surface area contributed by atoms with Gasteiger partial charge in [-0.1, -0.05) is 18.5 Å². The molecule has 0 saturated carbocycles. The molecular weight excluding hydrogens is 240 g/mol. The van der Waals surface area contributed by atoms with E-state index in [0.29, 0.717) is 11.0 Å². The third-order valence-electron chi connectivity index (χ3n) is 2.90. The molecule has 2 rings (SSSR count). The fourth-order valence-electron chi connectivity index (χ4n) is 2.08. The van der Waals surface area contributed by atoms with E-state index in [2.05, 4.69) is 22.2 Å². The molecule has 1 saturated heterocycles. The van der Waals surface area contributed by atoms with Crippen LogP contribution in [-0.4, -0.2) is 28.7 Å². The van der Waals surface area contributed by atoms with Gasteiger partial charge in [0.05, 0.1) is 12.1 Å². The van der Waals surface area contributed by atoms with Gasteiger partial charge in [-0.3, -0.25) is 0 Å². The van der Waals surface area contributed by atoms with Crippen LogP contribution in [0.25, 0.3) is 0 Å². The predicted molar refractivity (Wildman–Crippen MR) is 68.1 cm³/mol. The first-order valence-corrected chi connectivity index (χ1v) is 6.25. The summed E-state index contributed by atoms with van der Waals surface area (Å²) in [5.74, 6) is 0.840. The molecule has 0 amide bonds. The lowest BCUT2D eigenvalue weighted by Crippen LogP contribution is -2.32. The molecule has 1 aliphatic heterocycles. The topological polar surface area (TPSA) is 73.1 Å². The fourth-order valence-corrected chi connectivity index (χ4v) is 2.27. The Hall–Kier alpha value is -1.07. The second-order valence-corrected chi connectivity index (χ2v) is 4.53. The molecule has 2 atom stereocenters. The third kappa shape index (κ3) is 3.20. The molecule has 94 valence electrons. The van der Waals surface area contributed by atoms with Crippen LogP contribution in [0.3, 0.4) is 0 Å². The normalized spacial score (nSPS) is 21.4. The van der Waals surface area contributed by atoms with E-state index >= 15 is 0 Å². The van der Waals surface area contributed by atoms with Crippen LogP contribution < -0.4 is 11.1 Å². The predicted octanol–water partition coefficient (Wildman–Crippen LogP) is 2.08. The summed E-state index contributed by atoms with van der Waals surface area (Å²) in [6, 6.07) is 1.91. The molecule has 0 bridgehead atoms. The molecule has 5 nitrogen and oxygen atoms in total. The number of anilines is 2. The molecule has 2 unspecified atom stereocenters. The van der Waals surface area contributed by atoms with Crippen LogP contribution in [0.5, 0.6) is 0 Å². The summed E-state index contributed by atoms with van der Waals surface area (Å²) >= 11 is 5.83. The van der Waals surface area contributed by atoms with Gasteiger partial charge in [0, 0.05) is 12.7 Å². The molecule has 0 aliphatic carbocycles. The average Bonchev–Trinajstić information content (AvgIpc) is 2.77. The number of ether oxygens (including phenoxy) is 1. The zero-order valence-electron chi connectivity index (χ0n) is 9.82. The van der Waals surface area contributed by atoms with Gasteiger partial charge < -0.3 is 15.8 Å². The summed E-state index contributed by atoms with van der Waals surface area (Å²) < 4.78 is 5.67. The van der Waals surface area contributed by atoms with E-state index < -0.39 is 0 Å². The smallest absolute Gasteiger partial charge is 0.223 e. The van der Waals surface area contributed by atoms with Crippen molar-refractivity contribution in [3.05, 3.63) is 11.2 Å². The van der Waals surface area contributed by atoms with Crippen molar-refractivity contribution in [3.8, 4) is 0 Å². The molecule has 3 N–H and O–H groups in total. The molecule has 0 radical (unpaired) electrons. The Bertz CT molecular complexity index is 361. The average molecular weight is 257 g/mol. The van der Waals surface area contributed by atoms with Crippen LogP contribution in [0.4, 0.5) is 11.8 Å². The molecule has 1 aliphatic rings. The molecule has 0 spiro atoms. The van der Waals surface area contributed by atoms with Gasteiger partial charge >= 0.3 is 0 Å². The number of nitrogens with one attached hydrogen (secondary N) is 1. The second kappa shape index (κ2) is 5.51. The fraction of sp³-hybridized carbons (Fsp3) is 0.636. The Morgan fingerprint density at radius 3 is 3.06 bits per heavy atom. The van der Waals surface area contributed by atoms with Crippen LogP contribution in [0.1, 0.15) is 26.2 Å². The Balaban J connectivity index is 2.06. The Morgan fingerprint density at radius 2 is 2.47 bits per heavy atom. The largest absolute Gasteiger partial charge is 0.376 e. The number of halogens is 1. The molecular formula is C11H17ClN4O. The van der Waals surface area contributed by atoms with Crippen molar-refractivity contribution in [2.24, 2.45) is 0 Å². The van der Waals surface area contributed by atoms with Crippen LogP contribution in [-0.2, 0) is 4.74 Å². The lowest BCUT2D eigenvalue weighted by atomic mass is 10.1. The Kier molecular flexibility index (Phi) is 4.02. The molecule has 2 heterocycles. The number of rotatable bonds is 4. The van der Waals surface area contributed by atoms with Gasteiger partial charge in [0.2, 0.25) is 5.95 Å². The van der Waals surface area contributed by atoms with E-state index in [0.717, 1.165) is 25.9 Å². The number of hydrogen-bond donors (Lipinski definition) is 2. The highest BCUT2D eigenvalue weighted by Crippen LogP contribution is 2.21. The maximum Gasteiger partial charge on any atom is 0.223 e. The molecule has 1 aromatic rings. The minimum Gasteiger partial charge on any atom is -0.376 e. The third-order valence-corrected chi connectivity index (χ3v) is 3.09. The maximum atomic E-state index is 5.83. The molecule has 1 aromatic heterocycles. The lowest BCUT2D eigenvalue weighted by molar-refractivity contribution is 0.0942. The summed E-state index contributed by atoms with van der Waals surface area (Å²) in [6.45, 7) is 2.96. The maximum absolute atomic E-state index is 5.83. The summed E-state index contributed by atoms with van der Waals surface area (Å²) in [5.41, 5.74) is 5.55. The Morgan fingerprint density at radius 1 is 1.65 bits per heavy atom. The van der Waals surface area contributed by atoms with Crippen molar-refractivity contribution in [2.45, 2.75) is 38.3 Å². The first-order valence-electron chi connectivity index (χ1n) is 5.87. The molecule has 0 aromatic carbocycles. The molecule has 17 heavy (non-hydrogen) atoms. The van der Waals surface area contributed by atoms with Gasteiger partial charge in [-0.2, -0.15) is 4.98 Å². The highest BCUT2D eigenvalue weighted by atomic mass is 35.5. The number of nitrogen functional groups attached to an aromatic ring is 1. The van der Waals surface area contributed by atoms with Crippen LogP contribution in [0, 0.1) is 0 Å². The van der Waals surface area contributed by atoms with Crippen LogP contribution in [0.15, 0.2) is 6.07 Å². The summed E-state index contributed by atoms with van der Waals surface area (Å²) in [4.78, 5) is 7.93. The monoisotopic (exact) mass is 256 g/mol. The summed E-state index contributed by atoms with van der Waals surface area (Å²) in [7, 11) is 0. The van der Waals surface area contributed by atoms with Crippen LogP contribution in [0.2, 0.25) is 5.15 Å². The van der Waals surface area contributed by atoms with E-state index in [1.165, 1.54) is 0 Å². The summed E-state index contributed by atoms with van der Waals surface area (Å²) in [6.07, 6.45) is 3.41. The molecule has 1 fully saturated rings. The van der Waals surface area contributed by atoms with Crippen molar-refractivity contribution in [1.82, 2.24) is 9.97 Å². The van der Waals surface area contributed by atoms with Crippen LogP contribution >= 0.6 is 11.6 Å². The number of nitrogens with two attached hydrogens (primary N) is 1. The lowest BCUT2D eigenvalue weighted by Gasteiger charge is -2.23. The SMILES string of the molecule is CCC(Nc1cc(Cl)nc(N)n1)C1CCCO1. The first kappa shape index (κ1) is 12.4. The highest BCUT2D eigenvalue weighted by molar-refractivity contribution is 6.29. The van der Waals surface area contributed by atoms with Crippen molar-refractivity contribution >= 4 is 23.4 Å². The van der Waals surface area contributed by atoms with Crippen molar-refractivity contribution < 1.29 is 4.74 Å². The minimum absolute atomic E-state index is 0.183. The highest BCUT2D eigenvalue weighted by Gasteiger charge is 2.24. The summed E-state index contributed by atoms with van der Waals surface area (Å²) in [5, 5.41) is 3.66. The van der Waals surface area contributed by atoms with Crippen molar-refractivity contribution in [2.75, 3.05) is 17.7 Å². The van der Waals surface area contributed by atoms with E-state index in [1.54, 1.807) is 6.07 Å². The minimum atomic E-state index is 0.183. The van der Waals surface area contributed by atoms with Gasteiger partial charge in [-0.25, -0.2) is 4.98 Å². The number of nitrogens with zero attached hydrogens (tertiary/aromatic N) is 2. The number of hydrogen-bond acceptors (Lipinski definition) is 5. The van der Waals surface area contributed by atoms with Gasteiger partial charge in [0.25, 0.3) is 0 Å². The zero-order valence-corrected chi connectivity index (χ0v) is 10.6. The van der Waals surface area contributed by atoms with Crippen molar-refractivity contribution in [1.29, 1.82) is 0 Å². The molecule has 6 heteroatoms. The van der Waals surface area contributed by atoms with E-state index in [4.69, 9.17) is 22.1 Å². The van der Waals surface area contributed by atoms with Gasteiger partial charge in [0.15, 0.2) is 0 Å². The zero-order chi connectivity index (χ0) is 12.3. The Labute approximate surface area is 106 Å². The van der Waals surface area contributed by atoms with E-state index in [-0.39, 0.29) is 18.1 Å². The van der Waals surface area contributed by atoms with E-state index in [9.17, 15) is 0 Å². The standard InChI is InChI=1S/C11H17ClN4O/c1-2-7(8-4-3-5-17-8)14-10-6-9(12)15-11(13)16-10/h6-8H,2-5H2,1H3,(H3,13,14,15,16). The van der Waals surface area contributed by atoms with Gasteiger partial charge in [-0.15, -0.1) is 0 Å². The number of aromatic nitrogens is 2. The van der Waals surface area contributed by atoms with Crippen molar-refractivity contribution in [3.63, 3.8) is 0 Å². The van der Waals surface area contributed by atoms with Gasteiger partial charge in [0.1, 0.15) is 11.0 Å². The second-order valence-electron chi connectivity index (χ2n) is 4.14. The first-order chi connectivity index (χ1) is 8.19. The van der Waals surface area contributed by atoms with Gasteiger partial charge in [-0.05, 0) is 19.3 Å². The van der Waals surface area contributed by atoms with E-state index in [1.807, 2.05) is 0 Å². The quantitative estimate of drug-likeness (QED) is 0.807.